The average Bonchev–Trinajstić information content (AvgIpc) is 2.84. The first-order valence-corrected chi connectivity index (χ1v) is 7.13. The van der Waals surface area contributed by atoms with Crippen LogP contribution in [0.5, 0.6) is 5.75 Å². The van der Waals surface area contributed by atoms with Crippen molar-refractivity contribution in [1.82, 2.24) is 10.4 Å². The molecule has 3 rings (SSSR count). The summed E-state index contributed by atoms with van der Waals surface area (Å²) >= 11 is 2.35. The van der Waals surface area contributed by atoms with Gasteiger partial charge in [-0.3, -0.25) is 4.98 Å². The highest BCUT2D eigenvalue weighted by molar-refractivity contribution is 14.1. The van der Waals surface area contributed by atoms with Crippen LogP contribution in [0.1, 0.15) is 11.3 Å². The predicted octanol–water partition coefficient (Wildman–Crippen LogP) is 2.72. The summed E-state index contributed by atoms with van der Waals surface area (Å²) in [6, 6.07) is 10.2. The van der Waals surface area contributed by atoms with Crippen molar-refractivity contribution in [1.29, 1.82) is 0 Å². The van der Waals surface area contributed by atoms with Gasteiger partial charge in [-0.15, -0.1) is 0 Å². The first-order valence-electron chi connectivity index (χ1n) is 6.05. The van der Waals surface area contributed by atoms with Crippen molar-refractivity contribution in [2.24, 2.45) is 0 Å². The van der Waals surface area contributed by atoms with Gasteiger partial charge >= 0.3 is 0 Å². The summed E-state index contributed by atoms with van der Waals surface area (Å²) in [7, 11) is 1.68. The Morgan fingerprint density at radius 3 is 2.84 bits per heavy atom. The molecule has 0 saturated heterocycles. The highest BCUT2D eigenvalue weighted by atomic mass is 127. The zero-order chi connectivity index (χ0) is 13.2. The number of fused-ring (bicyclic) bond motifs is 1. The number of pyridine rings is 1. The van der Waals surface area contributed by atoms with Crippen molar-refractivity contribution in [2.75, 3.05) is 12.1 Å². The molecule has 0 radical (unpaired) electrons. The van der Waals surface area contributed by atoms with Crippen LogP contribution in [0.3, 0.4) is 0 Å². The van der Waals surface area contributed by atoms with Crippen molar-refractivity contribution < 1.29 is 4.74 Å². The normalized spacial score (nSPS) is 13.5. The van der Waals surface area contributed by atoms with E-state index in [-0.39, 0.29) is 0 Å². The Morgan fingerprint density at radius 1 is 1.32 bits per heavy atom. The first-order chi connectivity index (χ1) is 9.28. The maximum Gasteiger partial charge on any atom is 0.118 e. The van der Waals surface area contributed by atoms with Crippen LogP contribution in [0.4, 0.5) is 5.69 Å². The van der Waals surface area contributed by atoms with Crippen molar-refractivity contribution in [3.05, 3.63) is 51.4 Å². The molecular weight excluding hydrogens is 353 g/mol. The zero-order valence-electron chi connectivity index (χ0n) is 10.6. The number of hydrogen-bond acceptors (Lipinski definition) is 4. The standard InChI is InChI=1S/C14H14IN3O/c1-19-11-4-2-10(3-5-11)9-18-14-12(15)6-7-16-13(14)8-17-18/h2-7,17H,8-9H2,1H3. The predicted molar refractivity (Wildman–Crippen MR) is 83.0 cm³/mol. The molecule has 0 atom stereocenters. The molecule has 0 aliphatic carbocycles. The van der Waals surface area contributed by atoms with Crippen LogP contribution in [0.2, 0.25) is 0 Å². The molecule has 1 aromatic heterocycles. The van der Waals surface area contributed by atoms with Gasteiger partial charge in [0, 0.05) is 9.77 Å². The van der Waals surface area contributed by atoms with Gasteiger partial charge in [0.05, 0.1) is 31.6 Å². The summed E-state index contributed by atoms with van der Waals surface area (Å²) in [5.74, 6) is 0.884. The van der Waals surface area contributed by atoms with Crippen LogP contribution in [0, 0.1) is 3.57 Å². The summed E-state index contributed by atoms with van der Waals surface area (Å²) in [4.78, 5) is 4.41. The van der Waals surface area contributed by atoms with E-state index in [4.69, 9.17) is 4.74 Å². The summed E-state index contributed by atoms with van der Waals surface area (Å²) < 4.78 is 6.40. The number of methoxy groups -OCH3 is 1. The van der Waals surface area contributed by atoms with Crippen LogP contribution in [0.25, 0.3) is 0 Å². The molecule has 2 heterocycles. The van der Waals surface area contributed by atoms with Crippen molar-refractivity contribution in [3.8, 4) is 5.75 Å². The van der Waals surface area contributed by atoms with E-state index in [9.17, 15) is 0 Å². The molecule has 19 heavy (non-hydrogen) atoms. The third-order valence-corrected chi connectivity index (χ3v) is 4.03. The fraction of sp³-hybridized carbons (Fsp3) is 0.214. The van der Waals surface area contributed by atoms with E-state index in [0.717, 1.165) is 24.5 Å². The topological polar surface area (TPSA) is 37.4 Å². The lowest BCUT2D eigenvalue weighted by Gasteiger charge is -2.20. The lowest BCUT2D eigenvalue weighted by molar-refractivity contribution is 0.414. The number of aromatic nitrogens is 1. The molecule has 1 aromatic carbocycles. The Kier molecular flexibility index (Phi) is 3.56. The Labute approximate surface area is 125 Å². The maximum absolute atomic E-state index is 5.17. The number of nitrogens with one attached hydrogen (secondary N) is 1. The van der Waals surface area contributed by atoms with E-state index in [0.29, 0.717) is 0 Å². The van der Waals surface area contributed by atoms with Crippen molar-refractivity contribution >= 4 is 28.3 Å². The number of halogens is 1. The number of hydrogen-bond donors (Lipinski definition) is 1. The van der Waals surface area contributed by atoms with E-state index >= 15 is 0 Å². The summed E-state index contributed by atoms with van der Waals surface area (Å²) in [5, 5.41) is 2.16. The van der Waals surface area contributed by atoms with Crippen LogP contribution in [0.15, 0.2) is 36.5 Å². The molecular formula is C14H14IN3O. The molecule has 0 unspecified atom stereocenters. The average molecular weight is 367 g/mol. The van der Waals surface area contributed by atoms with Crippen LogP contribution in [-0.4, -0.2) is 12.1 Å². The van der Waals surface area contributed by atoms with Crippen molar-refractivity contribution in [2.45, 2.75) is 13.1 Å². The largest absolute Gasteiger partial charge is 0.497 e. The van der Waals surface area contributed by atoms with Crippen LogP contribution in [-0.2, 0) is 13.1 Å². The second kappa shape index (κ2) is 5.34. The number of benzene rings is 1. The van der Waals surface area contributed by atoms with Gasteiger partial charge in [0.15, 0.2) is 0 Å². The van der Waals surface area contributed by atoms with E-state index in [1.165, 1.54) is 14.8 Å². The molecule has 2 aromatic rings. The van der Waals surface area contributed by atoms with Crippen LogP contribution >= 0.6 is 22.6 Å². The molecule has 1 aliphatic rings. The molecule has 1 aliphatic heterocycles. The van der Waals surface area contributed by atoms with Crippen LogP contribution < -0.4 is 15.2 Å². The molecule has 0 bridgehead atoms. The highest BCUT2D eigenvalue weighted by Gasteiger charge is 2.22. The second-order valence-corrected chi connectivity index (χ2v) is 5.52. The minimum atomic E-state index is 0.794. The molecule has 0 amide bonds. The third-order valence-electron chi connectivity index (χ3n) is 3.16. The molecule has 0 fully saturated rings. The number of ether oxygens (including phenoxy) is 1. The highest BCUT2D eigenvalue weighted by Crippen LogP contribution is 2.30. The quantitative estimate of drug-likeness (QED) is 0.847. The van der Waals surface area contributed by atoms with Gasteiger partial charge in [0.1, 0.15) is 5.75 Å². The summed E-state index contributed by atoms with van der Waals surface area (Å²) in [6.45, 7) is 1.61. The van der Waals surface area contributed by atoms with E-state index in [1.54, 1.807) is 7.11 Å². The fourth-order valence-corrected chi connectivity index (χ4v) is 2.95. The monoisotopic (exact) mass is 367 g/mol. The van der Waals surface area contributed by atoms with E-state index < -0.39 is 0 Å². The Hall–Kier alpha value is -1.34. The number of hydrazine groups is 1. The first kappa shape index (κ1) is 12.7. The van der Waals surface area contributed by atoms with Gasteiger partial charge in [-0.1, -0.05) is 12.1 Å². The third kappa shape index (κ3) is 2.52. The summed E-state index contributed by atoms with van der Waals surface area (Å²) in [6.07, 6.45) is 1.86. The number of nitrogens with zero attached hydrogens (tertiary/aromatic N) is 2. The van der Waals surface area contributed by atoms with Gasteiger partial charge in [-0.05, 0) is 46.4 Å². The Morgan fingerprint density at radius 2 is 2.11 bits per heavy atom. The van der Waals surface area contributed by atoms with Gasteiger partial charge in [-0.2, -0.15) is 0 Å². The molecule has 1 N–H and O–H groups in total. The molecule has 98 valence electrons. The second-order valence-electron chi connectivity index (χ2n) is 4.36. The van der Waals surface area contributed by atoms with Gasteiger partial charge in [0.2, 0.25) is 0 Å². The minimum absolute atomic E-state index is 0.794. The van der Waals surface area contributed by atoms with E-state index in [2.05, 4.69) is 50.1 Å². The fourth-order valence-electron chi connectivity index (χ4n) is 2.18. The number of anilines is 1. The minimum Gasteiger partial charge on any atom is -0.497 e. The number of rotatable bonds is 3. The van der Waals surface area contributed by atoms with Gasteiger partial charge < -0.3 is 9.75 Å². The molecule has 0 spiro atoms. The summed E-state index contributed by atoms with van der Waals surface area (Å²) in [5.41, 5.74) is 6.92. The van der Waals surface area contributed by atoms with Crippen molar-refractivity contribution in [3.63, 3.8) is 0 Å². The lowest BCUT2D eigenvalue weighted by Crippen LogP contribution is -2.31. The molecule has 0 saturated carbocycles. The van der Waals surface area contributed by atoms with Gasteiger partial charge in [-0.25, -0.2) is 5.43 Å². The smallest absolute Gasteiger partial charge is 0.118 e. The van der Waals surface area contributed by atoms with E-state index in [1.807, 2.05) is 24.4 Å². The molecule has 4 nitrogen and oxygen atoms in total. The Balaban J connectivity index is 1.82. The van der Waals surface area contributed by atoms with Gasteiger partial charge in [0.25, 0.3) is 0 Å². The SMILES string of the molecule is COc1ccc(CN2NCc3nccc(I)c32)cc1. The molecule has 5 heteroatoms. The lowest BCUT2D eigenvalue weighted by atomic mass is 10.2. The maximum atomic E-state index is 5.17. The zero-order valence-corrected chi connectivity index (χ0v) is 12.7. The Bertz CT molecular complexity index is 586.